The number of anilines is 1. The summed E-state index contributed by atoms with van der Waals surface area (Å²) in [6, 6.07) is 17.9. The minimum atomic E-state index is -0.161. The Bertz CT molecular complexity index is 967. The normalized spacial score (nSPS) is 19.1. The van der Waals surface area contributed by atoms with Gasteiger partial charge in [-0.3, -0.25) is 4.79 Å². The highest BCUT2D eigenvalue weighted by molar-refractivity contribution is 8.01. The lowest BCUT2D eigenvalue weighted by Crippen LogP contribution is -2.22. The molecule has 0 saturated heterocycles. The summed E-state index contributed by atoms with van der Waals surface area (Å²) in [4.78, 5) is 12.7. The Balaban J connectivity index is 1.87. The third kappa shape index (κ3) is 3.21. The molecule has 0 saturated carbocycles. The van der Waals surface area contributed by atoms with Gasteiger partial charge in [0.2, 0.25) is 5.91 Å². The van der Waals surface area contributed by atoms with Gasteiger partial charge in [-0.2, -0.15) is 5.10 Å². The van der Waals surface area contributed by atoms with Crippen LogP contribution < -0.4 is 10.1 Å². The minimum absolute atomic E-state index is 0.00524. The second kappa shape index (κ2) is 7.12. The number of carbonyl (C=O) groups excluding carboxylic acids is 1. The molecule has 1 aliphatic rings. The molecule has 0 fully saturated rings. The van der Waals surface area contributed by atoms with Crippen molar-refractivity contribution in [3.8, 4) is 11.4 Å². The average Bonchev–Trinajstić information content (AvgIpc) is 2.95. The molecule has 0 unspecified atom stereocenters. The van der Waals surface area contributed by atoms with E-state index in [0.717, 1.165) is 28.5 Å². The maximum atomic E-state index is 12.7. The van der Waals surface area contributed by atoms with E-state index in [9.17, 15) is 4.79 Å². The Morgan fingerprint density at radius 3 is 2.48 bits per heavy atom. The molecule has 138 valence electrons. The first kappa shape index (κ1) is 17.7. The summed E-state index contributed by atoms with van der Waals surface area (Å²) in [7, 11) is 1.64. The van der Waals surface area contributed by atoms with Crippen molar-refractivity contribution in [3.63, 3.8) is 0 Å². The highest BCUT2D eigenvalue weighted by Crippen LogP contribution is 2.45. The summed E-state index contributed by atoms with van der Waals surface area (Å²) in [6.07, 6.45) is 0. The lowest BCUT2D eigenvalue weighted by atomic mass is 10.0. The van der Waals surface area contributed by atoms with Crippen molar-refractivity contribution >= 4 is 23.5 Å². The van der Waals surface area contributed by atoms with Crippen molar-refractivity contribution < 1.29 is 9.53 Å². The van der Waals surface area contributed by atoms with Gasteiger partial charge in [0.25, 0.3) is 0 Å². The van der Waals surface area contributed by atoms with Gasteiger partial charge in [0.15, 0.2) is 0 Å². The number of rotatable bonds is 3. The molecule has 1 aromatic heterocycles. The van der Waals surface area contributed by atoms with Crippen LogP contribution in [0.2, 0.25) is 0 Å². The van der Waals surface area contributed by atoms with Gasteiger partial charge >= 0.3 is 0 Å². The van der Waals surface area contributed by atoms with E-state index in [2.05, 4.69) is 17.4 Å². The van der Waals surface area contributed by atoms with Crippen molar-refractivity contribution in [2.45, 2.75) is 24.3 Å². The number of methoxy groups -OCH3 is 1. The number of ether oxygens (including phenoxy) is 1. The third-order valence-corrected chi connectivity index (χ3v) is 6.14. The van der Waals surface area contributed by atoms with Crippen LogP contribution in [0.25, 0.3) is 5.69 Å². The van der Waals surface area contributed by atoms with E-state index in [1.165, 1.54) is 5.56 Å². The average molecular weight is 379 g/mol. The molecule has 27 heavy (non-hydrogen) atoms. The number of fused-ring (bicyclic) bond motifs is 1. The van der Waals surface area contributed by atoms with Crippen LogP contribution in [0, 0.1) is 6.92 Å². The zero-order chi connectivity index (χ0) is 19.0. The van der Waals surface area contributed by atoms with Crippen LogP contribution in [-0.2, 0) is 4.79 Å². The van der Waals surface area contributed by atoms with Gasteiger partial charge in [0.1, 0.15) is 11.6 Å². The summed E-state index contributed by atoms with van der Waals surface area (Å²) < 4.78 is 7.06. The van der Waals surface area contributed by atoms with Gasteiger partial charge in [-0.05, 0) is 43.7 Å². The first-order valence-electron chi connectivity index (χ1n) is 8.83. The van der Waals surface area contributed by atoms with Crippen LogP contribution in [0.5, 0.6) is 5.75 Å². The number of nitrogens with zero attached hydrogens (tertiary/aromatic N) is 2. The Hall–Kier alpha value is -2.73. The number of benzene rings is 2. The Labute approximate surface area is 162 Å². The number of thioether (sulfide) groups is 1. The first-order chi connectivity index (χ1) is 13.1. The molecule has 2 atom stereocenters. The van der Waals surface area contributed by atoms with Crippen LogP contribution in [-0.4, -0.2) is 28.0 Å². The zero-order valence-electron chi connectivity index (χ0n) is 15.5. The van der Waals surface area contributed by atoms with Crippen LogP contribution in [0.1, 0.15) is 29.0 Å². The number of aromatic nitrogens is 2. The summed E-state index contributed by atoms with van der Waals surface area (Å²) in [6.45, 7) is 3.94. The molecule has 3 aromatic rings. The van der Waals surface area contributed by atoms with E-state index in [1.807, 2.05) is 61.0 Å². The Morgan fingerprint density at radius 1 is 1.11 bits per heavy atom. The number of nitrogens with one attached hydrogen (secondary N) is 1. The number of aryl methyl sites for hydroxylation is 1. The fourth-order valence-corrected chi connectivity index (χ4v) is 4.63. The number of amides is 1. The second-order valence-electron chi connectivity index (χ2n) is 6.52. The van der Waals surface area contributed by atoms with Gasteiger partial charge < -0.3 is 10.1 Å². The van der Waals surface area contributed by atoms with Crippen LogP contribution in [0.3, 0.4) is 0 Å². The van der Waals surface area contributed by atoms with E-state index in [4.69, 9.17) is 9.84 Å². The van der Waals surface area contributed by atoms with E-state index in [1.54, 1.807) is 18.9 Å². The standard InChI is InChI=1S/C21H21N3O2S/c1-13-18-19(15-7-5-4-6-8-15)27-14(2)21(25)22-20(18)24(23-13)16-9-11-17(26-3)12-10-16/h4-12,14,19H,1-3H3,(H,22,25)/t14-,19-/m0/s1. The molecule has 4 rings (SSSR count). The van der Waals surface area contributed by atoms with Gasteiger partial charge in [-0.1, -0.05) is 30.3 Å². The van der Waals surface area contributed by atoms with Gasteiger partial charge in [0, 0.05) is 5.56 Å². The molecule has 0 bridgehead atoms. The molecular formula is C21H21N3O2S. The van der Waals surface area contributed by atoms with Crippen LogP contribution in [0.15, 0.2) is 54.6 Å². The van der Waals surface area contributed by atoms with Crippen molar-refractivity contribution in [3.05, 3.63) is 71.4 Å². The smallest absolute Gasteiger partial charge is 0.238 e. The maximum absolute atomic E-state index is 12.7. The molecule has 5 nitrogen and oxygen atoms in total. The first-order valence-corrected chi connectivity index (χ1v) is 9.78. The molecule has 2 aromatic carbocycles. The summed E-state index contributed by atoms with van der Waals surface area (Å²) in [5, 5.41) is 7.72. The molecule has 0 aliphatic carbocycles. The molecule has 1 N–H and O–H groups in total. The van der Waals surface area contributed by atoms with Crippen molar-refractivity contribution in [2.24, 2.45) is 0 Å². The monoisotopic (exact) mass is 379 g/mol. The molecule has 0 spiro atoms. The van der Waals surface area contributed by atoms with Crippen LogP contribution >= 0.6 is 11.8 Å². The van der Waals surface area contributed by atoms with E-state index >= 15 is 0 Å². The zero-order valence-corrected chi connectivity index (χ0v) is 16.3. The second-order valence-corrected chi connectivity index (χ2v) is 7.97. The molecule has 2 heterocycles. The van der Waals surface area contributed by atoms with Gasteiger partial charge in [-0.15, -0.1) is 11.8 Å². The minimum Gasteiger partial charge on any atom is -0.497 e. The largest absolute Gasteiger partial charge is 0.497 e. The van der Waals surface area contributed by atoms with Crippen molar-refractivity contribution in [1.82, 2.24) is 9.78 Å². The van der Waals surface area contributed by atoms with Gasteiger partial charge in [0.05, 0.1) is 29.0 Å². The summed E-state index contributed by atoms with van der Waals surface area (Å²) in [5.74, 6) is 1.52. The quantitative estimate of drug-likeness (QED) is 0.735. The third-order valence-electron chi connectivity index (χ3n) is 4.74. The molecule has 0 radical (unpaired) electrons. The van der Waals surface area contributed by atoms with E-state index in [0.29, 0.717) is 0 Å². The topological polar surface area (TPSA) is 56.1 Å². The van der Waals surface area contributed by atoms with E-state index < -0.39 is 0 Å². The maximum Gasteiger partial charge on any atom is 0.238 e. The number of hydrogen-bond acceptors (Lipinski definition) is 4. The fraction of sp³-hybridized carbons (Fsp3) is 0.238. The highest BCUT2D eigenvalue weighted by Gasteiger charge is 2.33. The Morgan fingerprint density at radius 2 is 1.81 bits per heavy atom. The SMILES string of the molecule is COc1ccc(-n2nc(C)c3c2NC(=O)[C@H](C)S[C@H]3c2ccccc2)cc1. The lowest BCUT2D eigenvalue weighted by Gasteiger charge is -2.17. The highest BCUT2D eigenvalue weighted by atomic mass is 32.2. The van der Waals surface area contributed by atoms with E-state index in [-0.39, 0.29) is 16.4 Å². The predicted molar refractivity (Wildman–Crippen MR) is 109 cm³/mol. The number of carbonyl (C=O) groups is 1. The Kier molecular flexibility index (Phi) is 4.66. The van der Waals surface area contributed by atoms with Gasteiger partial charge in [-0.25, -0.2) is 4.68 Å². The lowest BCUT2D eigenvalue weighted by molar-refractivity contribution is -0.115. The molecule has 6 heteroatoms. The predicted octanol–water partition coefficient (Wildman–Crippen LogP) is 4.35. The van der Waals surface area contributed by atoms with Crippen molar-refractivity contribution in [2.75, 3.05) is 12.4 Å². The molecule has 1 amide bonds. The molecule has 1 aliphatic heterocycles. The van der Waals surface area contributed by atoms with Crippen LogP contribution in [0.4, 0.5) is 5.82 Å². The molecular weight excluding hydrogens is 358 g/mol. The fourth-order valence-electron chi connectivity index (χ4n) is 3.31. The van der Waals surface area contributed by atoms with Crippen molar-refractivity contribution in [1.29, 1.82) is 0 Å². The summed E-state index contributed by atoms with van der Waals surface area (Å²) >= 11 is 1.65. The number of hydrogen-bond donors (Lipinski definition) is 1. The summed E-state index contributed by atoms with van der Waals surface area (Å²) in [5.41, 5.74) is 4.02.